The summed E-state index contributed by atoms with van der Waals surface area (Å²) < 4.78 is 10.2. The van der Waals surface area contributed by atoms with Crippen LogP contribution in [0.3, 0.4) is 0 Å². The van der Waals surface area contributed by atoms with Gasteiger partial charge in [-0.05, 0) is 25.0 Å². The normalized spacial score (nSPS) is 13.3. The molecule has 1 aromatic carbocycles. The van der Waals surface area contributed by atoms with Crippen molar-refractivity contribution in [3.8, 4) is 5.75 Å². The highest BCUT2D eigenvalue weighted by atomic mass is 16.6. The third-order valence-electron chi connectivity index (χ3n) is 3.48. The zero-order valence-electron chi connectivity index (χ0n) is 12.3. The van der Waals surface area contributed by atoms with Crippen LogP contribution in [-0.2, 0) is 14.3 Å². The van der Waals surface area contributed by atoms with Crippen LogP contribution in [0.25, 0.3) is 0 Å². The molecule has 0 saturated carbocycles. The number of hydrogen-bond donors (Lipinski definition) is 0. The quantitative estimate of drug-likeness (QED) is 0.436. The first-order chi connectivity index (χ1) is 9.60. The number of carbonyl (C=O) groups is 2. The van der Waals surface area contributed by atoms with Crippen LogP contribution in [0.4, 0.5) is 0 Å². The Morgan fingerprint density at radius 1 is 1.10 bits per heavy atom. The molecular weight excluding hydrogens is 256 g/mol. The lowest BCUT2D eigenvalue weighted by Crippen LogP contribution is -2.42. The van der Waals surface area contributed by atoms with E-state index in [9.17, 15) is 9.59 Å². The van der Waals surface area contributed by atoms with E-state index in [0.717, 1.165) is 12.8 Å². The van der Waals surface area contributed by atoms with E-state index in [1.165, 1.54) is 7.11 Å². The van der Waals surface area contributed by atoms with Crippen LogP contribution in [0.1, 0.15) is 39.5 Å². The summed E-state index contributed by atoms with van der Waals surface area (Å²) in [5, 5.41) is 0. The molecule has 0 bridgehead atoms. The summed E-state index contributed by atoms with van der Waals surface area (Å²) in [6.07, 6.45) is 2.48. The first-order valence-corrected chi connectivity index (χ1v) is 6.96. The van der Waals surface area contributed by atoms with Gasteiger partial charge in [0.2, 0.25) is 0 Å². The summed E-state index contributed by atoms with van der Waals surface area (Å²) in [4.78, 5) is 24.5. The smallest absolute Gasteiger partial charge is 0.328 e. The van der Waals surface area contributed by atoms with Crippen LogP contribution in [0, 0.1) is 5.41 Å². The summed E-state index contributed by atoms with van der Waals surface area (Å²) in [7, 11) is 1.30. The van der Waals surface area contributed by atoms with Gasteiger partial charge < -0.3 is 9.47 Å². The van der Waals surface area contributed by atoms with Crippen molar-refractivity contribution in [2.75, 3.05) is 7.11 Å². The molecule has 4 nitrogen and oxygen atoms in total. The van der Waals surface area contributed by atoms with Crippen LogP contribution >= 0.6 is 0 Å². The Kier molecular flexibility index (Phi) is 6.22. The number of unbranched alkanes of at least 4 members (excludes halogenated alkanes) is 1. The van der Waals surface area contributed by atoms with E-state index in [-0.39, 0.29) is 0 Å². The lowest BCUT2D eigenvalue weighted by Gasteiger charge is -2.27. The van der Waals surface area contributed by atoms with E-state index in [0.29, 0.717) is 18.6 Å². The van der Waals surface area contributed by atoms with Crippen molar-refractivity contribution in [3.63, 3.8) is 0 Å². The molecule has 0 heterocycles. The second kappa shape index (κ2) is 7.68. The van der Waals surface area contributed by atoms with Crippen LogP contribution < -0.4 is 4.74 Å². The molecule has 4 heteroatoms. The first kappa shape index (κ1) is 16.2. The lowest BCUT2D eigenvalue weighted by atomic mass is 9.80. The summed E-state index contributed by atoms with van der Waals surface area (Å²) >= 11 is 0. The minimum Gasteiger partial charge on any atom is -0.468 e. The average Bonchev–Trinajstić information content (AvgIpc) is 2.49. The molecule has 1 atom stereocenters. The van der Waals surface area contributed by atoms with Crippen LogP contribution in [0.5, 0.6) is 5.75 Å². The SMILES string of the molecule is CCCCC(CC)(C(=O)OC)C(=O)Oc1ccccc1. The van der Waals surface area contributed by atoms with Crippen molar-refractivity contribution < 1.29 is 19.1 Å². The highest BCUT2D eigenvalue weighted by molar-refractivity contribution is 6.00. The Balaban J connectivity index is 2.96. The Hall–Kier alpha value is -1.84. The minimum atomic E-state index is -1.21. The molecule has 0 amide bonds. The van der Waals surface area contributed by atoms with Crippen LogP contribution in [0.15, 0.2) is 30.3 Å². The number of rotatable bonds is 7. The van der Waals surface area contributed by atoms with Gasteiger partial charge in [-0.25, -0.2) is 0 Å². The summed E-state index contributed by atoms with van der Waals surface area (Å²) in [6, 6.07) is 8.77. The fraction of sp³-hybridized carbons (Fsp3) is 0.500. The van der Waals surface area contributed by atoms with Crippen molar-refractivity contribution in [2.45, 2.75) is 39.5 Å². The molecule has 0 spiro atoms. The van der Waals surface area contributed by atoms with Gasteiger partial charge in [0.25, 0.3) is 0 Å². The molecule has 0 N–H and O–H groups in total. The number of ether oxygens (including phenoxy) is 2. The molecule has 1 rings (SSSR count). The lowest BCUT2D eigenvalue weighted by molar-refractivity contribution is -0.166. The molecule has 0 saturated heterocycles. The van der Waals surface area contributed by atoms with Gasteiger partial charge in [0, 0.05) is 0 Å². The molecule has 1 unspecified atom stereocenters. The fourth-order valence-corrected chi connectivity index (χ4v) is 2.12. The summed E-state index contributed by atoms with van der Waals surface area (Å²) in [5.74, 6) is -0.614. The molecular formula is C16H22O4. The average molecular weight is 278 g/mol. The van der Waals surface area contributed by atoms with Gasteiger partial charge in [0.15, 0.2) is 5.41 Å². The molecule has 0 aliphatic rings. The van der Waals surface area contributed by atoms with E-state index in [1.54, 1.807) is 31.2 Å². The first-order valence-electron chi connectivity index (χ1n) is 6.96. The van der Waals surface area contributed by atoms with Gasteiger partial charge in [-0.3, -0.25) is 9.59 Å². The summed E-state index contributed by atoms with van der Waals surface area (Å²) in [6.45, 7) is 3.82. The van der Waals surface area contributed by atoms with E-state index in [1.807, 2.05) is 13.0 Å². The van der Waals surface area contributed by atoms with Gasteiger partial charge in [0.1, 0.15) is 5.75 Å². The predicted molar refractivity (Wildman–Crippen MR) is 76.3 cm³/mol. The largest absolute Gasteiger partial charge is 0.468 e. The molecule has 0 aromatic heterocycles. The second-order valence-corrected chi connectivity index (χ2v) is 4.73. The van der Waals surface area contributed by atoms with Gasteiger partial charge in [-0.2, -0.15) is 0 Å². The fourth-order valence-electron chi connectivity index (χ4n) is 2.12. The van der Waals surface area contributed by atoms with E-state index in [2.05, 4.69) is 0 Å². The number of methoxy groups -OCH3 is 1. The second-order valence-electron chi connectivity index (χ2n) is 4.73. The predicted octanol–water partition coefficient (Wildman–Crippen LogP) is 3.35. The number of hydrogen-bond acceptors (Lipinski definition) is 4. The number of para-hydroxylation sites is 1. The Bertz CT molecular complexity index is 441. The van der Waals surface area contributed by atoms with Crippen molar-refractivity contribution in [3.05, 3.63) is 30.3 Å². The molecule has 110 valence electrons. The Morgan fingerprint density at radius 3 is 2.25 bits per heavy atom. The third kappa shape index (κ3) is 3.59. The molecule has 1 aromatic rings. The topological polar surface area (TPSA) is 52.6 Å². The standard InChI is InChI=1S/C16H22O4/c1-4-6-12-16(5-2,14(17)19-3)15(18)20-13-10-8-7-9-11-13/h7-11H,4-6,12H2,1-3H3. The van der Waals surface area contributed by atoms with Crippen molar-refractivity contribution >= 4 is 11.9 Å². The van der Waals surface area contributed by atoms with Crippen LogP contribution in [0.2, 0.25) is 0 Å². The van der Waals surface area contributed by atoms with E-state index in [4.69, 9.17) is 9.47 Å². The molecule has 0 aliphatic carbocycles. The molecule has 0 fully saturated rings. The zero-order chi connectivity index (χ0) is 15.0. The Labute approximate surface area is 120 Å². The highest BCUT2D eigenvalue weighted by Gasteiger charge is 2.46. The van der Waals surface area contributed by atoms with Gasteiger partial charge >= 0.3 is 11.9 Å². The number of carbonyl (C=O) groups excluding carboxylic acids is 2. The maximum Gasteiger partial charge on any atom is 0.328 e. The number of benzene rings is 1. The number of esters is 2. The minimum absolute atomic E-state index is 0.366. The maximum atomic E-state index is 12.4. The van der Waals surface area contributed by atoms with Gasteiger partial charge in [-0.15, -0.1) is 0 Å². The third-order valence-corrected chi connectivity index (χ3v) is 3.48. The monoisotopic (exact) mass is 278 g/mol. The van der Waals surface area contributed by atoms with Crippen molar-refractivity contribution in [1.82, 2.24) is 0 Å². The molecule has 0 aliphatic heterocycles. The van der Waals surface area contributed by atoms with E-state index < -0.39 is 17.4 Å². The highest BCUT2D eigenvalue weighted by Crippen LogP contribution is 2.32. The zero-order valence-corrected chi connectivity index (χ0v) is 12.3. The maximum absolute atomic E-state index is 12.4. The van der Waals surface area contributed by atoms with Gasteiger partial charge in [0.05, 0.1) is 7.11 Å². The van der Waals surface area contributed by atoms with Crippen molar-refractivity contribution in [1.29, 1.82) is 0 Å². The molecule has 0 radical (unpaired) electrons. The van der Waals surface area contributed by atoms with Crippen molar-refractivity contribution in [2.24, 2.45) is 5.41 Å². The Morgan fingerprint density at radius 2 is 1.75 bits per heavy atom. The van der Waals surface area contributed by atoms with Crippen LogP contribution in [-0.4, -0.2) is 19.0 Å². The van der Waals surface area contributed by atoms with E-state index >= 15 is 0 Å². The molecule has 20 heavy (non-hydrogen) atoms. The summed E-state index contributed by atoms with van der Waals surface area (Å²) in [5.41, 5.74) is -1.21. The van der Waals surface area contributed by atoms with Gasteiger partial charge in [-0.1, -0.05) is 44.9 Å².